The first-order valence-corrected chi connectivity index (χ1v) is 8.44. The van der Waals surface area contributed by atoms with Gasteiger partial charge in [0.05, 0.1) is 17.0 Å². The Kier molecular flexibility index (Phi) is 4.25. The number of fused-ring (bicyclic) bond motifs is 1. The van der Waals surface area contributed by atoms with Gasteiger partial charge in [-0.2, -0.15) is 0 Å². The van der Waals surface area contributed by atoms with Crippen molar-refractivity contribution in [3.05, 3.63) is 36.0 Å². The molecule has 0 spiro atoms. The van der Waals surface area contributed by atoms with E-state index in [2.05, 4.69) is 4.98 Å². The maximum absolute atomic E-state index is 11.3. The molecule has 0 unspecified atom stereocenters. The highest BCUT2D eigenvalue weighted by atomic mass is 32.2. The van der Waals surface area contributed by atoms with Gasteiger partial charge in [0.15, 0.2) is 0 Å². The summed E-state index contributed by atoms with van der Waals surface area (Å²) in [5.41, 5.74) is 8.30. The number of hydrogen-bond acceptors (Lipinski definition) is 5. The fourth-order valence-electron chi connectivity index (χ4n) is 2.05. The zero-order chi connectivity index (χ0) is 14.8. The number of benzene rings is 1. The zero-order valence-electron chi connectivity index (χ0n) is 11.7. The van der Waals surface area contributed by atoms with Gasteiger partial charge < -0.3 is 10.6 Å². The number of rotatable bonds is 5. The Labute approximate surface area is 119 Å². The van der Waals surface area contributed by atoms with Gasteiger partial charge in [0.25, 0.3) is 0 Å². The van der Waals surface area contributed by atoms with Gasteiger partial charge in [-0.25, -0.2) is 8.42 Å². The van der Waals surface area contributed by atoms with Crippen molar-refractivity contribution in [2.24, 2.45) is 5.73 Å². The van der Waals surface area contributed by atoms with Crippen molar-refractivity contribution in [2.75, 3.05) is 30.5 Å². The average molecular weight is 293 g/mol. The minimum Gasteiger partial charge on any atom is -0.373 e. The Balaban J connectivity index is 2.41. The lowest BCUT2D eigenvalue weighted by molar-refractivity contribution is 0.601. The predicted octanol–water partition coefficient (Wildman–Crippen LogP) is 1.17. The van der Waals surface area contributed by atoms with E-state index in [-0.39, 0.29) is 5.75 Å². The van der Waals surface area contributed by atoms with Gasteiger partial charge in [-0.05, 0) is 12.1 Å². The number of aromatic nitrogens is 1. The number of pyridine rings is 1. The van der Waals surface area contributed by atoms with Crippen LogP contribution in [0.25, 0.3) is 10.9 Å². The van der Waals surface area contributed by atoms with Gasteiger partial charge in [0.1, 0.15) is 9.84 Å². The molecule has 0 saturated heterocycles. The quantitative estimate of drug-likeness (QED) is 0.895. The van der Waals surface area contributed by atoms with Crippen molar-refractivity contribution < 1.29 is 8.42 Å². The highest BCUT2D eigenvalue weighted by Crippen LogP contribution is 2.25. The van der Waals surface area contributed by atoms with Crippen molar-refractivity contribution in [1.82, 2.24) is 4.98 Å². The Morgan fingerprint density at radius 1 is 1.30 bits per heavy atom. The third-order valence-electron chi connectivity index (χ3n) is 3.17. The van der Waals surface area contributed by atoms with Crippen LogP contribution in [0, 0.1) is 0 Å². The predicted molar refractivity (Wildman–Crippen MR) is 82.6 cm³/mol. The summed E-state index contributed by atoms with van der Waals surface area (Å²) in [6.45, 7) is 0.800. The summed E-state index contributed by atoms with van der Waals surface area (Å²) in [5.74, 6) is 0.123. The van der Waals surface area contributed by atoms with E-state index < -0.39 is 9.84 Å². The molecule has 0 radical (unpaired) electrons. The Bertz CT molecular complexity index is 713. The van der Waals surface area contributed by atoms with Gasteiger partial charge in [-0.3, -0.25) is 4.98 Å². The van der Waals surface area contributed by atoms with Gasteiger partial charge in [-0.1, -0.05) is 18.2 Å². The molecule has 0 amide bonds. The first-order chi connectivity index (χ1) is 9.40. The molecule has 5 nitrogen and oxygen atoms in total. The second-order valence-electron chi connectivity index (χ2n) is 4.91. The van der Waals surface area contributed by atoms with Crippen LogP contribution >= 0.6 is 0 Å². The lowest BCUT2D eigenvalue weighted by atomic mass is 10.1. The molecular weight excluding hydrogens is 274 g/mol. The molecule has 1 aromatic carbocycles. The molecule has 0 aliphatic heterocycles. The van der Waals surface area contributed by atoms with Crippen LogP contribution in [0.1, 0.15) is 5.69 Å². The van der Waals surface area contributed by atoms with Gasteiger partial charge in [0.2, 0.25) is 0 Å². The monoisotopic (exact) mass is 293 g/mol. The summed E-state index contributed by atoms with van der Waals surface area (Å²) in [6, 6.07) is 9.71. The van der Waals surface area contributed by atoms with Crippen LogP contribution in [-0.2, 0) is 16.4 Å². The number of sulfone groups is 1. The smallest absolute Gasteiger partial charge is 0.149 e. The largest absolute Gasteiger partial charge is 0.373 e. The molecule has 0 fully saturated rings. The number of nitrogens with two attached hydrogens (primary N) is 1. The third-order valence-corrected chi connectivity index (χ3v) is 4.09. The lowest BCUT2D eigenvalue weighted by Gasteiger charge is -2.21. The molecule has 108 valence electrons. The van der Waals surface area contributed by atoms with E-state index in [9.17, 15) is 8.42 Å². The summed E-state index contributed by atoms with van der Waals surface area (Å²) in [6.07, 6.45) is 1.25. The maximum atomic E-state index is 11.3. The van der Waals surface area contributed by atoms with Crippen LogP contribution in [0.2, 0.25) is 0 Å². The standard InChI is InChI=1S/C14H19N3O2S/c1-17(7-8-20(2,18)19)14-9-11(10-15)16-13-6-4-3-5-12(13)14/h3-6,9H,7-8,10,15H2,1-2H3. The minimum absolute atomic E-state index is 0.123. The van der Waals surface area contributed by atoms with E-state index in [1.54, 1.807) is 0 Å². The SMILES string of the molecule is CN(CCS(C)(=O)=O)c1cc(CN)nc2ccccc12. The van der Waals surface area contributed by atoms with E-state index in [4.69, 9.17) is 5.73 Å². The van der Waals surface area contributed by atoms with Crippen molar-refractivity contribution in [1.29, 1.82) is 0 Å². The van der Waals surface area contributed by atoms with Crippen molar-refractivity contribution in [3.8, 4) is 0 Å². The summed E-state index contributed by atoms with van der Waals surface area (Å²) in [5, 5.41) is 1.00. The molecule has 0 bridgehead atoms. The zero-order valence-corrected chi connectivity index (χ0v) is 12.5. The topological polar surface area (TPSA) is 76.3 Å². The van der Waals surface area contributed by atoms with Crippen LogP contribution in [-0.4, -0.2) is 39.0 Å². The normalized spacial score (nSPS) is 11.8. The summed E-state index contributed by atoms with van der Waals surface area (Å²) in [4.78, 5) is 6.41. The molecule has 0 saturated carbocycles. The second-order valence-corrected chi connectivity index (χ2v) is 7.17. The minimum atomic E-state index is -2.98. The Hall–Kier alpha value is -1.66. The molecule has 20 heavy (non-hydrogen) atoms. The Morgan fingerprint density at radius 2 is 2.00 bits per heavy atom. The molecule has 0 aliphatic rings. The van der Waals surface area contributed by atoms with Crippen LogP contribution in [0.15, 0.2) is 30.3 Å². The van der Waals surface area contributed by atoms with E-state index in [0.717, 1.165) is 22.3 Å². The van der Waals surface area contributed by atoms with Gasteiger partial charge >= 0.3 is 0 Å². The second kappa shape index (κ2) is 5.76. The number of hydrogen-bond donors (Lipinski definition) is 1. The fraction of sp³-hybridized carbons (Fsp3) is 0.357. The molecule has 1 aromatic heterocycles. The van der Waals surface area contributed by atoms with E-state index in [0.29, 0.717) is 13.1 Å². The average Bonchev–Trinajstić information content (AvgIpc) is 2.42. The van der Waals surface area contributed by atoms with E-state index >= 15 is 0 Å². The summed E-state index contributed by atoms with van der Waals surface area (Å²) < 4.78 is 22.6. The van der Waals surface area contributed by atoms with Crippen LogP contribution < -0.4 is 10.6 Å². The van der Waals surface area contributed by atoms with E-state index in [1.807, 2.05) is 42.3 Å². The number of para-hydroxylation sites is 1. The van der Waals surface area contributed by atoms with Crippen LogP contribution in [0.4, 0.5) is 5.69 Å². The fourth-order valence-corrected chi connectivity index (χ4v) is 2.66. The summed E-state index contributed by atoms with van der Waals surface area (Å²) in [7, 11) is -1.10. The first-order valence-electron chi connectivity index (χ1n) is 6.38. The van der Waals surface area contributed by atoms with Crippen molar-refractivity contribution in [2.45, 2.75) is 6.54 Å². The highest BCUT2D eigenvalue weighted by molar-refractivity contribution is 7.90. The molecule has 6 heteroatoms. The Morgan fingerprint density at radius 3 is 2.65 bits per heavy atom. The van der Waals surface area contributed by atoms with Gasteiger partial charge in [-0.15, -0.1) is 0 Å². The molecule has 0 aliphatic carbocycles. The third kappa shape index (κ3) is 3.46. The molecule has 2 N–H and O–H groups in total. The van der Waals surface area contributed by atoms with E-state index in [1.165, 1.54) is 6.26 Å². The number of anilines is 1. The molecule has 2 aromatic rings. The van der Waals surface area contributed by atoms with Gasteiger partial charge in [0, 0.05) is 37.5 Å². The number of nitrogens with zero attached hydrogens (tertiary/aromatic N) is 2. The molecule has 2 rings (SSSR count). The molecule has 1 heterocycles. The lowest BCUT2D eigenvalue weighted by Crippen LogP contribution is -2.25. The maximum Gasteiger partial charge on any atom is 0.149 e. The summed E-state index contributed by atoms with van der Waals surface area (Å²) >= 11 is 0. The van der Waals surface area contributed by atoms with Crippen LogP contribution in [0.5, 0.6) is 0 Å². The van der Waals surface area contributed by atoms with Crippen LogP contribution in [0.3, 0.4) is 0 Å². The molecule has 0 atom stereocenters. The first kappa shape index (κ1) is 14.7. The highest BCUT2D eigenvalue weighted by Gasteiger charge is 2.11. The van der Waals surface area contributed by atoms with Crippen molar-refractivity contribution in [3.63, 3.8) is 0 Å². The molecular formula is C14H19N3O2S. The van der Waals surface area contributed by atoms with Crippen molar-refractivity contribution >= 4 is 26.4 Å².